The second kappa shape index (κ2) is 6.94. The van der Waals surface area contributed by atoms with Gasteiger partial charge >= 0.3 is 0 Å². The number of likely N-dealkylation sites (tertiary alicyclic amines) is 2. The number of pyridine rings is 1. The minimum atomic E-state index is -0.266. The van der Waals surface area contributed by atoms with Crippen LogP contribution in [-0.2, 0) is 17.9 Å². The highest BCUT2D eigenvalue weighted by atomic mass is 35.5. The molecule has 0 saturated carbocycles. The van der Waals surface area contributed by atoms with Crippen molar-refractivity contribution in [2.24, 2.45) is 5.41 Å². The van der Waals surface area contributed by atoms with Gasteiger partial charge in [0.15, 0.2) is 11.5 Å². The van der Waals surface area contributed by atoms with Crippen LogP contribution >= 0.6 is 11.6 Å². The fraction of sp³-hybridized carbons (Fsp3) is 0.429. The number of nitrogens with zero attached hydrogens (tertiary/aromatic N) is 3. The third-order valence-electron chi connectivity index (χ3n) is 6.05. The summed E-state index contributed by atoms with van der Waals surface area (Å²) in [6, 6.07) is 9.61. The molecule has 1 aromatic heterocycles. The zero-order valence-corrected chi connectivity index (χ0v) is 16.3. The number of ether oxygens (including phenoxy) is 2. The number of amides is 1. The van der Waals surface area contributed by atoms with Crippen molar-refractivity contribution in [2.75, 3.05) is 26.4 Å². The van der Waals surface area contributed by atoms with Crippen molar-refractivity contribution in [1.29, 1.82) is 0 Å². The molecule has 2 saturated heterocycles. The summed E-state index contributed by atoms with van der Waals surface area (Å²) in [4.78, 5) is 21.8. The van der Waals surface area contributed by atoms with Gasteiger partial charge in [-0.2, -0.15) is 0 Å². The van der Waals surface area contributed by atoms with E-state index in [2.05, 4.69) is 9.88 Å². The van der Waals surface area contributed by atoms with Crippen molar-refractivity contribution in [3.8, 4) is 11.5 Å². The van der Waals surface area contributed by atoms with Crippen molar-refractivity contribution in [3.05, 3.63) is 52.8 Å². The molecule has 3 aliphatic rings. The molecule has 28 heavy (non-hydrogen) atoms. The number of carbonyl (C=O) groups is 1. The van der Waals surface area contributed by atoms with Crippen LogP contribution in [0.3, 0.4) is 0 Å². The molecule has 1 aromatic carbocycles. The average Bonchev–Trinajstić information content (AvgIpc) is 3.39. The van der Waals surface area contributed by atoms with Gasteiger partial charge in [0.25, 0.3) is 0 Å². The number of aromatic nitrogens is 1. The number of halogens is 1. The lowest BCUT2D eigenvalue weighted by Gasteiger charge is -2.24. The van der Waals surface area contributed by atoms with Crippen molar-refractivity contribution in [1.82, 2.24) is 14.8 Å². The maximum Gasteiger partial charge on any atom is 0.231 e. The number of fused-ring (bicyclic) bond motifs is 1. The standard InChI is InChI=1S/C21H22ClN3O3/c22-17-10-19-18(27-14-28-19)9-15(17)11-24-7-4-21(13-24)5-8-25(20(21)26)12-16-3-1-2-6-23-16/h1-3,6,9-10H,4-5,7-8,11-14H2. The summed E-state index contributed by atoms with van der Waals surface area (Å²) in [6.45, 7) is 4.01. The molecule has 1 unspecified atom stereocenters. The molecule has 146 valence electrons. The Morgan fingerprint density at radius 1 is 1.11 bits per heavy atom. The first kappa shape index (κ1) is 17.8. The second-order valence-corrected chi connectivity index (χ2v) is 8.24. The van der Waals surface area contributed by atoms with Crippen LogP contribution in [0.1, 0.15) is 24.1 Å². The fourth-order valence-electron chi connectivity index (χ4n) is 4.52. The Labute approximate surface area is 169 Å². The summed E-state index contributed by atoms with van der Waals surface area (Å²) in [5.41, 5.74) is 1.69. The molecule has 0 bridgehead atoms. The molecule has 1 atom stereocenters. The highest BCUT2D eigenvalue weighted by Gasteiger charge is 2.50. The van der Waals surface area contributed by atoms with E-state index < -0.39 is 0 Å². The van der Waals surface area contributed by atoms with E-state index in [9.17, 15) is 4.79 Å². The minimum absolute atomic E-state index is 0.239. The topological polar surface area (TPSA) is 54.9 Å². The number of rotatable bonds is 4. The summed E-state index contributed by atoms with van der Waals surface area (Å²) in [5.74, 6) is 1.70. The van der Waals surface area contributed by atoms with Crippen molar-refractivity contribution >= 4 is 17.5 Å². The maximum atomic E-state index is 13.2. The van der Waals surface area contributed by atoms with Gasteiger partial charge in [0, 0.05) is 36.9 Å². The molecule has 5 rings (SSSR count). The summed E-state index contributed by atoms with van der Waals surface area (Å²) in [5, 5.41) is 0.680. The molecule has 0 aliphatic carbocycles. The van der Waals surface area contributed by atoms with Gasteiger partial charge in [-0.05, 0) is 43.1 Å². The van der Waals surface area contributed by atoms with Crippen molar-refractivity contribution in [3.63, 3.8) is 0 Å². The van der Waals surface area contributed by atoms with E-state index in [0.717, 1.165) is 49.5 Å². The van der Waals surface area contributed by atoms with E-state index >= 15 is 0 Å². The summed E-state index contributed by atoms with van der Waals surface area (Å²) >= 11 is 6.44. The molecular weight excluding hydrogens is 378 g/mol. The van der Waals surface area contributed by atoms with E-state index in [0.29, 0.717) is 23.9 Å². The van der Waals surface area contributed by atoms with Crippen molar-refractivity contribution < 1.29 is 14.3 Å². The second-order valence-electron chi connectivity index (χ2n) is 7.84. The molecular formula is C21H22ClN3O3. The predicted molar refractivity (Wildman–Crippen MR) is 104 cm³/mol. The largest absolute Gasteiger partial charge is 0.454 e. The summed E-state index contributed by atoms with van der Waals surface area (Å²) < 4.78 is 10.9. The molecule has 2 fully saturated rings. The van der Waals surface area contributed by atoms with Gasteiger partial charge in [-0.3, -0.25) is 14.7 Å². The van der Waals surface area contributed by atoms with E-state index in [1.165, 1.54) is 0 Å². The predicted octanol–water partition coefficient (Wildman–Crippen LogP) is 3.09. The van der Waals surface area contributed by atoms with Gasteiger partial charge in [0.1, 0.15) is 0 Å². The van der Waals surface area contributed by atoms with Crippen LogP contribution < -0.4 is 9.47 Å². The van der Waals surface area contributed by atoms with Crippen LogP contribution in [-0.4, -0.2) is 47.1 Å². The van der Waals surface area contributed by atoms with Gasteiger partial charge in [0.2, 0.25) is 12.7 Å². The fourth-order valence-corrected chi connectivity index (χ4v) is 4.74. The van der Waals surface area contributed by atoms with Crippen LogP contribution in [0.25, 0.3) is 0 Å². The maximum absolute atomic E-state index is 13.2. The average molecular weight is 400 g/mol. The summed E-state index contributed by atoms with van der Waals surface area (Å²) in [6.07, 6.45) is 3.58. The monoisotopic (exact) mass is 399 g/mol. The zero-order chi connectivity index (χ0) is 19.1. The van der Waals surface area contributed by atoms with Gasteiger partial charge in [-0.15, -0.1) is 0 Å². The number of benzene rings is 1. The van der Waals surface area contributed by atoms with Crippen LogP contribution in [0.4, 0.5) is 0 Å². The van der Waals surface area contributed by atoms with E-state index in [-0.39, 0.29) is 18.1 Å². The van der Waals surface area contributed by atoms with Crippen molar-refractivity contribution in [2.45, 2.75) is 25.9 Å². The molecule has 3 aliphatic heterocycles. The first-order valence-electron chi connectivity index (χ1n) is 9.63. The molecule has 0 N–H and O–H groups in total. The Balaban J connectivity index is 1.26. The van der Waals surface area contributed by atoms with Crippen LogP contribution in [0.5, 0.6) is 11.5 Å². The smallest absolute Gasteiger partial charge is 0.231 e. The summed E-state index contributed by atoms with van der Waals surface area (Å²) in [7, 11) is 0. The Bertz CT molecular complexity index is 907. The van der Waals surface area contributed by atoms with Crippen LogP contribution in [0.15, 0.2) is 36.5 Å². The zero-order valence-electron chi connectivity index (χ0n) is 15.6. The SMILES string of the molecule is O=C1N(Cc2ccccn2)CCC12CCN(Cc1cc3c(cc1Cl)OCO3)C2. The van der Waals surface area contributed by atoms with E-state index in [4.69, 9.17) is 21.1 Å². The highest BCUT2D eigenvalue weighted by molar-refractivity contribution is 6.31. The first-order chi connectivity index (χ1) is 13.6. The number of carbonyl (C=O) groups excluding carboxylic acids is 1. The van der Waals surface area contributed by atoms with Gasteiger partial charge in [-0.1, -0.05) is 17.7 Å². The Morgan fingerprint density at radius 3 is 2.75 bits per heavy atom. The number of hydrogen-bond donors (Lipinski definition) is 0. The Morgan fingerprint density at radius 2 is 1.93 bits per heavy atom. The molecule has 6 nitrogen and oxygen atoms in total. The lowest BCUT2D eigenvalue weighted by atomic mass is 9.85. The van der Waals surface area contributed by atoms with Crippen LogP contribution in [0, 0.1) is 5.41 Å². The normalized spacial score (nSPS) is 23.9. The minimum Gasteiger partial charge on any atom is -0.454 e. The molecule has 1 spiro atoms. The third-order valence-corrected chi connectivity index (χ3v) is 6.40. The highest BCUT2D eigenvalue weighted by Crippen LogP contribution is 2.43. The molecule has 7 heteroatoms. The lowest BCUT2D eigenvalue weighted by Crippen LogP contribution is -2.36. The molecule has 4 heterocycles. The molecule has 0 radical (unpaired) electrons. The van der Waals surface area contributed by atoms with Gasteiger partial charge < -0.3 is 14.4 Å². The molecule has 1 amide bonds. The van der Waals surface area contributed by atoms with Crippen LogP contribution in [0.2, 0.25) is 5.02 Å². The van der Waals surface area contributed by atoms with E-state index in [1.54, 1.807) is 6.20 Å². The third kappa shape index (κ3) is 3.10. The van der Waals surface area contributed by atoms with E-state index in [1.807, 2.05) is 35.2 Å². The Hall–Kier alpha value is -2.31. The lowest BCUT2D eigenvalue weighted by molar-refractivity contribution is -0.136. The molecule has 2 aromatic rings. The van der Waals surface area contributed by atoms with Gasteiger partial charge in [0.05, 0.1) is 17.7 Å². The first-order valence-corrected chi connectivity index (χ1v) is 10.0. The number of hydrogen-bond acceptors (Lipinski definition) is 5. The Kier molecular flexibility index (Phi) is 4.40. The quantitative estimate of drug-likeness (QED) is 0.790. The van der Waals surface area contributed by atoms with Gasteiger partial charge in [-0.25, -0.2) is 0 Å².